The van der Waals surface area contributed by atoms with E-state index in [9.17, 15) is 4.79 Å². The van der Waals surface area contributed by atoms with E-state index in [2.05, 4.69) is 24.1 Å². The standard InChI is InChI=1S/C17H25ClN2O/c1-3-7-15-10-14(11-16(18)20-15)17(21)19-12(2)13-8-5-4-6-9-13/h10-13H,3-9H2,1-2H3,(H,19,21). The first-order valence-electron chi connectivity index (χ1n) is 8.07. The van der Waals surface area contributed by atoms with Gasteiger partial charge in [0, 0.05) is 17.3 Å². The van der Waals surface area contributed by atoms with Gasteiger partial charge in [-0.1, -0.05) is 44.2 Å². The number of carbonyl (C=O) groups is 1. The zero-order valence-corrected chi connectivity index (χ0v) is 13.7. The van der Waals surface area contributed by atoms with Crippen LogP contribution in [0.5, 0.6) is 0 Å². The predicted molar refractivity (Wildman–Crippen MR) is 86.7 cm³/mol. The molecule has 4 heteroatoms. The van der Waals surface area contributed by atoms with Gasteiger partial charge in [0.1, 0.15) is 5.15 Å². The number of halogens is 1. The number of hydrogen-bond acceptors (Lipinski definition) is 2. The van der Waals surface area contributed by atoms with Gasteiger partial charge < -0.3 is 5.32 Å². The highest BCUT2D eigenvalue weighted by atomic mass is 35.5. The Morgan fingerprint density at radius 3 is 2.76 bits per heavy atom. The zero-order valence-electron chi connectivity index (χ0n) is 13.0. The minimum atomic E-state index is -0.0327. The highest BCUT2D eigenvalue weighted by Gasteiger charge is 2.22. The van der Waals surface area contributed by atoms with E-state index in [1.54, 1.807) is 6.07 Å². The van der Waals surface area contributed by atoms with E-state index in [0.29, 0.717) is 16.6 Å². The summed E-state index contributed by atoms with van der Waals surface area (Å²) >= 11 is 6.02. The number of nitrogens with one attached hydrogen (secondary N) is 1. The summed E-state index contributed by atoms with van der Waals surface area (Å²) in [6, 6.07) is 3.74. The molecule has 1 aliphatic rings. The molecule has 1 amide bonds. The van der Waals surface area contributed by atoms with Crippen molar-refractivity contribution in [1.29, 1.82) is 0 Å². The minimum Gasteiger partial charge on any atom is -0.349 e. The number of nitrogens with zero attached hydrogens (tertiary/aromatic N) is 1. The van der Waals surface area contributed by atoms with Crippen LogP contribution in [0, 0.1) is 5.92 Å². The van der Waals surface area contributed by atoms with E-state index in [-0.39, 0.29) is 11.9 Å². The molecule has 1 heterocycles. The topological polar surface area (TPSA) is 42.0 Å². The molecule has 0 saturated heterocycles. The molecule has 0 aliphatic heterocycles. The molecular formula is C17H25ClN2O. The van der Waals surface area contributed by atoms with Gasteiger partial charge in [0.2, 0.25) is 0 Å². The Labute approximate surface area is 132 Å². The molecule has 1 aromatic rings. The van der Waals surface area contributed by atoms with Gasteiger partial charge in [0.05, 0.1) is 0 Å². The van der Waals surface area contributed by atoms with Crippen LogP contribution in [-0.4, -0.2) is 16.9 Å². The van der Waals surface area contributed by atoms with E-state index in [1.165, 1.54) is 32.1 Å². The molecule has 0 aromatic carbocycles. The molecular weight excluding hydrogens is 284 g/mol. The third-order valence-corrected chi connectivity index (χ3v) is 4.52. The molecule has 1 atom stereocenters. The highest BCUT2D eigenvalue weighted by molar-refractivity contribution is 6.29. The Kier molecular flexibility index (Phi) is 6.04. The third-order valence-electron chi connectivity index (χ3n) is 4.33. The van der Waals surface area contributed by atoms with Crippen molar-refractivity contribution in [2.45, 2.75) is 64.8 Å². The lowest BCUT2D eigenvalue weighted by atomic mass is 9.84. The molecule has 1 saturated carbocycles. The Hall–Kier alpha value is -1.09. The van der Waals surface area contributed by atoms with Gasteiger partial charge in [0.15, 0.2) is 0 Å². The number of aryl methyl sites for hydroxylation is 1. The van der Waals surface area contributed by atoms with Crippen molar-refractivity contribution in [3.05, 3.63) is 28.5 Å². The number of rotatable bonds is 5. The second kappa shape index (κ2) is 7.79. The molecule has 1 unspecified atom stereocenters. The number of aromatic nitrogens is 1. The van der Waals surface area contributed by atoms with E-state index in [0.717, 1.165) is 18.5 Å². The van der Waals surface area contributed by atoms with E-state index in [4.69, 9.17) is 11.6 Å². The second-order valence-corrected chi connectivity index (χ2v) is 6.47. The predicted octanol–water partition coefficient (Wildman–Crippen LogP) is 4.39. The Bertz CT molecular complexity index is 484. The van der Waals surface area contributed by atoms with Crippen LogP contribution in [0.25, 0.3) is 0 Å². The Balaban J connectivity index is 2.01. The summed E-state index contributed by atoms with van der Waals surface area (Å²) < 4.78 is 0. The largest absolute Gasteiger partial charge is 0.349 e. The van der Waals surface area contributed by atoms with Gasteiger partial charge in [-0.05, 0) is 44.2 Å². The average Bonchev–Trinajstić information content (AvgIpc) is 2.48. The number of pyridine rings is 1. The summed E-state index contributed by atoms with van der Waals surface area (Å²) in [6.07, 6.45) is 8.18. The summed E-state index contributed by atoms with van der Waals surface area (Å²) in [5, 5.41) is 3.54. The summed E-state index contributed by atoms with van der Waals surface area (Å²) in [7, 11) is 0. The Morgan fingerprint density at radius 2 is 2.10 bits per heavy atom. The van der Waals surface area contributed by atoms with E-state index >= 15 is 0 Å². The summed E-state index contributed by atoms with van der Waals surface area (Å²) in [5.74, 6) is 0.574. The third kappa shape index (κ3) is 4.70. The van der Waals surface area contributed by atoms with Crippen LogP contribution in [0.2, 0.25) is 5.15 Å². The quantitative estimate of drug-likeness (QED) is 0.820. The van der Waals surface area contributed by atoms with Gasteiger partial charge in [-0.2, -0.15) is 0 Å². The summed E-state index contributed by atoms with van der Waals surface area (Å²) in [5.41, 5.74) is 1.52. The van der Waals surface area contributed by atoms with E-state index in [1.807, 2.05) is 6.07 Å². The van der Waals surface area contributed by atoms with Crippen molar-refractivity contribution < 1.29 is 4.79 Å². The van der Waals surface area contributed by atoms with Crippen LogP contribution in [0.15, 0.2) is 12.1 Å². The molecule has 0 spiro atoms. The smallest absolute Gasteiger partial charge is 0.251 e. The van der Waals surface area contributed by atoms with Crippen LogP contribution < -0.4 is 5.32 Å². The van der Waals surface area contributed by atoms with Crippen LogP contribution in [0.3, 0.4) is 0 Å². The van der Waals surface area contributed by atoms with Gasteiger partial charge in [-0.3, -0.25) is 4.79 Å². The molecule has 1 N–H and O–H groups in total. The fourth-order valence-electron chi connectivity index (χ4n) is 3.11. The molecule has 1 aromatic heterocycles. The zero-order chi connectivity index (χ0) is 15.2. The normalized spacial score (nSPS) is 17.5. The monoisotopic (exact) mass is 308 g/mol. The molecule has 116 valence electrons. The number of carbonyl (C=O) groups excluding carboxylic acids is 1. The highest BCUT2D eigenvalue weighted by Crippen LogP contribution is 2.26. The van der Waals surface area contributed by atoms with Gasteiger partial charge >= 0.3 is 0 Å². The first-order chi connectivity index (χ1) is 10.1. The lowest BCUT2D eigenvalue weighted by Gasteiger charge is -2.28. The molecule has 0 radical (unpaired) electrons. The van der Waals surface area contributed by atoms with Gasteiger partial charge in [-0.25, -0.2) is 4.98 Å². The van der Waals surface area contributed by atoms with Gasteiger partial charge in [0.25, 0.3) is 5.91 Å². The maximum absolute atomic E-state index is 12.4. The summed E-state index contributed by atoms with van der Waals surface area (Å²) in [6.45, 7) is 4.21. The molecule has 1 aliphatic carbocycles. The minimum absolute atomic E-state index is 0.0327. The molecule has 21 heavy (non-hydrogen) atoms. The maximum Gasteiger partial charge on any atom is 0.251 e. The van der Waals surface area contributed by atoms with Crippen molar-refractivity contribution in [2.24, 2.45) is 5.92 Å². The van der Waals surface area contributed by atoms with Gasteiger partial charge in [-0.15, -0.1) is 0 Å². The molecule has 2 rings (SSSR count). The maximum atomic E-state index is 12.4. The fourth-order valence-corrected chi connectivity index (χ4v) is 3.33. The van der Waals surface area contributed by atoms with Crippen molar-refractivity contribution in [3.63, 3.8) is 0 Å². The van der Waals surface area contributed by atoms with Crippen molar-refractivity contribution in [2.75, 3.05) is 0 Å². The lowest BCUT2D eigenvalue weighted by molar-refractivity contribution is 0.0919. The van der Waals surface area contributed by atoms with Crippen molar-refractivity contribution in [1.82, 2.24) is 10.3 Å². The average molecular weight is 309 g/mol. The number of amides is 1. The first kappa shape index (κ1) is 16.3. The molecule has 0 bridgehead atoms. The van der Waals surface area contributed by atoms with Crippen molar-refractivity contribution >= 4 is 17.5 Å². The second-order valence-electron chi connectivity index (χ2n) is 6.08. The van der Waals surface area contributed by atoms with Crippen LogP contribution in [-0.2, 0) is 6.42 Å². The van der Waals surface area contributed by atoms with E-state index < -0.39 is 0 Å². The first-order valence-corrected chi connectivity index (χ1v) is 8.45. The fraction of sp³-hybridized carbons (Fsp3) is 0.647. The number of hydrogen-bond donors (Lipinski definition) is 1. The Morgan fingerprint density at radius 1 is 1.38 bits per heavy atom. The van der Waals surface area contributed by atoms with Crippen LogP contribution in [0.4, 0.5) is 0 Å². The SMILES string of the molecule is CCCc1cc(C(=O)NC(C)C2CCCCC2)cc(Cl)n1. The van der Waals surface area contributed by atoms with Crippen molar-refractivity contribution in [3.8, 4) is 0 Å². The van der Waals surface area contributed by atoms with Crippen LogP contribution in [0.1, 0.15) is 68.4 Å². The lowest BCUT2D eigenvalue weighted by Crippen LogP contribution is -2.38. The van der Waals surface area contributed by atoms with Crippen LogP contribution >= 0.6 is 11.6 Å². The summed E-state index contributed by atoms with van der Waals surface area (Å²) in [4.78, 5) is 16.7. The molecule has 3 nitrogen and oxygen atoms in total. The molecule has 1 fully saturated rings.